The molecule has 29 heavy (non-hydrogen) atoms. The second kappa shape index (κ2) is 8.04. The summed E-state index contributed by atoms with van der Waals surface area (Å²) in [5.74, 6) is 0.928. The number of carbonyl (C=O) groups excluding carboxylic acids is 1. The molecular formula is C20H21N7OS. The van der Waals surface area contributed by atoms with Crippen molar-refractivity contribution in [2.45, 2.75) is 25.5 Å². The van der Waals surface area contributed by atoms with Crippen LogP contribution in [0, 0.1) is 13.8 Å². The molecule has 148 valence electrons. The Kier molecular flexibility index (Phi) is 5.30. The number of carbonyl (C=O) groups is 1. The molecule has 0 aliphatic rings. The van der Waals surface area contributed by atoms with Crippen LogP contribution in [0.25, 0.3) is 11.0 Å². The van der Waals surface area contributed by atoms with Gasteiger partial charge in [-0.2, -0.15) is 0 Å². The van der Waals surface area contributed by atoms with Crippen LogP contribution in [0.3, 0.4) is 0 Å². The summed E-state index contributed by atoms with van der Waals surface area (Å²) in [4.78, 5) is 12.3. The minimum absolute atomic E-state index is 0.0752. The van der Waals surface area contributed by atoms with E-state index in [2.05, 4.69) is 25.8 Å². The predicted molar refractivity (Wildman–Crippen MR) is 113 cm³/mol. The van der Waals surface area contributed by atoms with Crippen LogP contribution in [0.5, 0.6) is 0 Å². The summed E-state index contributed by atoms with van der Waals surface area (Å²) in [6.45, 7) is 4.47. The Balaban J connectivity index is 1.40. The summed E-state index contributed by atoms with van der Waals surface area (Å²) < 4.78 is 3.67. The van der Waals surface area contributed by atoms with Crippen molar-refractivity contribution < 1.29 is 4.79 Å². The molecule has 0 atom stereocenters. The van der Waals surface area contributed by atoms with Gasteiger partial charge in [-0.15, -0.1) is 15.3 Å². The van der Waals surface area contributed by atoms with E-state index in [9.17, 15) is 4.79 Å². The average Bonchev–Trinajstić information content (AvgIpc) is 3.27. The number of aromatic nitrogens is 6. The van der Waals surface area contributed by atoms with E-state index in [1.54, 1.807) is 4.68 Å². The Morgan fingerprint density at radius 2 is 1.93 bits per heavy atom. The summed E-state index contributed by atoms with van der Waals surface area (Å²) in [6.07, 6.45) is 0. The third-order valence-electron chi connectivity index (χ3n) is 4.62. The van der Waals surface area contributed by atoms with Crippen molar-refractivity contribution in [3.8, 4) is 0 Å². The van der Waals surface area contributed by atoms with Gasteiger partial charge in [0.15, 0.2) is 11.0 Å². The molecule has 0 bridgehead atoms. The Labute approximate surface area is 172 Å². The molecular weight excluding hydrogens is 386 g/mol. The summed E-state index contributed by atoms with van der Waals surface area (Å²) in [5.41, 5.74) is 4.83. The molecule has 0 aliphatic heterocycles. The minimum Gasteiger partial charge on any atom is -0.325 e. The number of benzene rings is 2. The lowest BCUT2D eigenvalue weighted by Gasteiger charge is -2.09. The first-order valence-electron chi connectivity index (χ1n) is 9.17. The molecule has 0 saturated carbocycles. The fourth-order valence-electron chi connectivity index (χ4n) is 3.05. The van der Waals surface area contributed by atoms with E-state index in [0.29, 0.717) is 11.7 Å². The molecule has 0 fully saturated rings. The number of fused-ring (bicyclic) bond motifs is 1. The molecule has 0 aliphatic carbocycles. The molecule has 4 aromatic rings. The first-order chi connectivity index (χ1) is 14.0. The zero-order chi connectivity index (χ0) is 20.4. The normalized spacial score (nSPS) is 11.1. The Morgan fingerprint density at radius 3 is 2.76 bits per heavy atom. The predicted octanol–water partition coefficient (Wildman–Crippen LogP) is 2.96. The second-order valence-corrected chi connectivity index (χ2v) is 7.79. The quantitative estimate of drug-likeness (QED) is 0.494. The summed E-state index contributed by atoms with van der Waals surface area (Å²) >= 11 is 1.35. The lowest BCUT2D eigenvalue weighted by atomic mass is 10.1. The molecule has 9 heteroatoms. The van der Waals surface area contributed by atoms with Gasteiger partial charge in [-0.3, -0.25) is 4.79 Å². The number of nitrogens with zero attached hydrogens (tertiary/aromatic N) is 6. The molecule has 0 saturated heterocycles. The van der Waals surface area contributed by atoms with Gasteiger partial charge in [0.05, 0.1) is 11.3 Å². The number of anilines is 1. The van der Waals surface area contributed by atoms with Gasteiger partial charge in [0.1, 0.15) is 12.1 Å². The third kappa shape index (κ3) is 4.14. The van der Waals surface area contributed by atoms with Gasteiger partial charge < -0.3 is 9.88 Å². The molecule has 2 aromatic heterocycles. The van der Waals surface area contributed by atoms with E-state index in [1.165, 1.54) is 17.3 Å². The van der Waals surface area contributed by atoms with Crippen LogP contribution in [0.2, 0.25) is 0 Å². The standard InChI is InChI=1S/C20H21N7OS/c1-13-8-9-15(14(2)10-13)21-19(28)12-29-20-24-23-18(26(20)3)11-27-17-7-5-4-6-16(17)22-25-27/h4-10H,11-12H2,1-3H3,(H,21,28). The molecule has 2 aromatic carbocycles. The molecule has 4 rings (SSSR count). The van der Waals surface area contributed by atoms with E-state index in [4.69, 9.17) is 0 Å². The fraction of sp³-hybridized carbons (Fsp3) is 0.250. The Morgan fingerprint density at radius 1 is 1.10 bits per heavy atom. The number of nitrogens with one attached hydrogen (secondary N) is 1. The van der Waals surface area contributed by atoms with E-state index in [0.717, 1.165) is 28.1 Å². The smallest absolute Gasteiger partial charge is 0.234 e. The second-order valence-electron chi connectivity index (χ2n) is 6.85. The molecule has 0 spiro atoms. The van der Waals surface area contributed by atoms with Crippen LogP contribution in [-0.4, -0.2) is 41.4 Å². The number of hydrogen-bond donors (Lipinski definition) is 1. The first kappa shape index (κ1) is 19.1. The number of rotatable bonds is 6. The van der Waals surface area contributed by atoms with E-state index in [1.807, 2.05) is 67.9 Å². The lowest BCUT2D eigenvalue weighted by molar-refractivity contribution is -0.113. The van der Waals surface area contributed by atoms with Crippen molar-refractivity contribution in [1.29, 1.82) is 0 Å². The largest absolute Gasteiger partial charge is 0.325 e. The Hall–Kier alpha value is -3.20. The van der Waals surface area contributed by atoms with Crippen molar-refractivity contribution in [3.63, 3.8) is 0 Å². The summed E-state index contributed by atoms with van der Waals surface area (Å²) in [5, 5.41) is 20.5. The van der Waals surface area contributed by atoms with Gasteiger partial charge in [-0.05, 0) is 37.6 Å². The number of para-hydroxylation sites is 1. The van der Waals surface area contributed by atoms with Gasteiger partial charge >= 0.3 is 0 Å². The fourth-order valence-corrected chi connectivity index (χ4v) is 3.78. The lowest BCUT2D eigenvalue weighted by Crippen LogP contribution is -2.15. The molecule has 2 heterocycles. The minimum atomic E-state index is -0.0752. The molecule has 0 radical (unpaired) electrons. The van der Waals surface area contributed by atoms with Crippen LogP contribution < -0.4 is 5.32 Å². The van der Waals surface area contributed by atoms with Gasteiger partial charge in [0, 0.05) is 12.7 Å². The highest BCUT2D eigenvalue weighted by atomic mass is 32.2. The molecule has 0 unspecified atom stereocenters. The SMILES string of the molecule is Cc1ccc(NC(=O)CSc2nnc(Cn3nnc4ccccc43)n2C)c(C)c1. The number of amides is 1. The summed E-state index contributed by atoms with van der Waals surface area (Å²) in [7, 11) is 1.89. The van der Waals surface area contributed by atoms with Crippen molar-refractivity contribution in [2.24, 2.45) is 7.05 Å². The van der Waals surface area contributed by atoms with Crippen LogP contribution in [0.4, 0.5) is 5.69 Å². The maximum atomic E-state index is 12.3. The van der Waals surface area contributed by atoms with E-state index < -0.39 is 0 Å². The van der Waals surface area contributed by atoms with E-state index in [-0.39, 0.29) is 11.7 Å². The van der Waals surface area contributed by atoms with Crippen molar-refractivity contribution in [3.05, 3.63) is 59.4 Å². The maximum absolute atomic E-state index is 12.3. The highest BCUT2D eigenvalue weighted by molar-refractivity contribution is 7.99. The zero-order valence-corrected chi connectivity index (χ0v) is 17.3. The monoisotopic (exact) mass is 407 g/mol. The van der Waals surface area contributed by atoms with E-state index >= 15 is 0 Å². The summed E-state index contributed by atoms with van der Waals surface area (Å²) in [6, 6.07) is 13.7. The van der Waals surface area contributed by atoms with Gasteiger partial charge in [0.25, 0.3) is 0 Å². The number of hydrogen-bond acceptors (Lipinski definition) is 6. The van der Waals surface area contributed by atoms with Gasteiger partial charge in [-0.1, -0.05) is 46.8 Å². The topological polar surface area (TPSA) is 90.5 Å². The third-order valence-corrected chi connectivity index (χ3v) is 5.65. The van der Waals surface area contributed by atoms with Crippen molar-refractivity contribution in [2.75, 3.05) is 11.1 Å². The highest BCUT2D eigenvalue weighted by Crippen LogP contribution is 2.20. The van der Waals surface area contributed by atoms with Crippen LogP contribution in [0.15, 0.2) is 47.6 Å². The van der Waals surface area contributed by atoms with Crippen LogP contribution >= 0.6 is 11.8 Å². The number of aryl methyl sites for hydroxylation is 2. The maximum Gasteiger partial charge on any atom is 0.234 e. The van der Waals surface area contributed by atoms with Crippen molar-refractivity contribution in [1.82, 2.24) is 29.8 Å². The van der Waals surface area contributed by atoms with Crippen LogP contribution in [-0.2, 0) is 18.4 Å². The average molecular weight is 408 g/mol. The molecule has 1 amide bonds. The molecule has 1 N–H and O–H groups in total. The van der Waals surface area contributed by atoms with Crippen LogP contribution in [0.1, 0.15) is 17.0 Å². The van der Waals surface area contributed by atoms with Crippen molar-refractivity contribution >= 4 is 34.4 Å². The van der Waals surface area contributed by atoms with Gasteiger partial charge in [-0.25, -0.2) is 4.68 Å². The Bertz CT molecular complexity index is 1180. The highest BCUT2D eigenvalue weighted by Gasteiger charge is 2.14. The van der Waals surface area contributed by atoms with Gasteiger partial charge in [0.2, 0.25) is 5.91 Å². The zero-order valence-electron chi connectivity index (χ0n) is 16.5. The molecule has 8 nitrogen and oxygen atoms in total. The number of thioether (sulfide) groups is 1. The first-order valence-corrected chi connectivity index (χ1v) is 10.2.